The Morgan fingerprint density at radius 2 is 1.92 bits per heavy atom. The number of nitrogens with one attached hydrogen (secondary N) is 1. The summed E-state index contributed by atoms with van der Waals surface area (Å²) in [4.78, 5) is 19.9. The van der Waals surface area contributed by atoms with Crippen molar-refractivity contribution in [2.24, 2.45) is 5.92 Å². The van der Waals surface area contributed by atoms with Crippen LogP contribution >= 0.6 is 34.9 Å². The summed E-state index contributed by atoms with van der Waals surface area (Å²) < 4.78 is 1.86. The van der Waals surface area contributed by atoms with Crippen LogP contribution in [-0.2, 0) is 4.79 Å². The highest BCUT2D eigenvalue weighted by atomic mass is 32.2. The Balaban J connectivity index is 1.42. The monoisotopic (exact) mass is 410 g/mol. The van der Waals surface area contributed by atoms with Crippen LogP contribution in [0, 0.1) is 5.92 Å². The topological polar surface area (TPSA) is 63.5 Å². The van der Waals surface area contributed by atoms with E-state index in [0.717, 1.165) is 46.4 Å². The molecule has 1 fully saturated rings. The molecule has 0 bridgehead atoms. The number of carbonyl (C=O) groups is 1. The van der Waals surface area contributed by atoms with Gasteiger partial charge in [0.2, 0.25) is 5.91 Å². The van der Waals surface area contributed by atoms with Gasteiger partial charge in [0.1, 0.15) is 13.1 Å². The van der Waals surface area contributed by atoms with E-state index in [-0.39, 0.29) is 5.91 Å². The molecule has 3 heterocycles. The van der Waals surface area contributed by atoms with E-state index < -0.39 is 0 Å². The van der Waals surface area contributed by atoms with Gasteiger partial charge in [0, 0.05) is 11.8 Å². The number of rotatable bonds is 7. The summed E-state index contributed by atoms with van der Waals surface area (Å²) in [5, 5.41) is 8.39. The molecule has 1 aliphatic rings. The standard InChI is InChI=1S/C17H23N5OS3/c1-13(2)11-24-16-19-20-17(26-16)25-12-15(23)22-9-7-21(8-10-22)14-5-3-4-6-18-14/h3-6,13H,7-12H2,1-2H3/p+1. The Hall–Kier alpha value is -1.32. The Labute approximate surface area is 166 Å². The molecule has 6 nitrogen and oxygen atoms in total. The average Bonchev–Trinajstić information content (AvgIpc) is 3.13. The average molecular weight is 411 g/mol. The molecule has 0 aliphatic carbocycles. The molecule has 2 aromatic heterocycles. The Kier molecular flexibility index (Phi) is 7.15. The molecule has 0 radical (unpaired) electrons. The number of nitrogens with zero attached hydrogens (tertiary/aromatic N) is 4. The van der Waals surface area contributed by atoms with Crippen LogP contribution < -0.4 is 9.88 Å². The second-order valence-electron chi connectivity index (χ2n) is 6.44. The summed E-state index contributed by atoms with van der Waals surface area (Å²) >= 11 is 4.81. The van der Waals surface area contributed by atoms with Crippen molar-refractivity contribution >= 4 is 46.6 Å². The van der Waals surface area contributed by atoms with Crippen molar-refractivity contribution in [3.05, 3.63) is 24.4 Å². The molecule has 140 valence electrons. The first kappa shape index (κ1) is 19.4. The van der Waals surface area contributed by atoms with Gasteiger partial charge in [-0.3, -0.25) is 9.69 Å². The van der Waals surface area contributed by atoms with E-state index in [1.165, 1.54) is 11.8 Å². The number of H-pyrrole nitrogens is 1. The molecule has 0 saturated carbocycles. The first-order valence-electron chi connectivity index (χ1n) is 8.70. The molecule has 1 saturated heterocycles. The third-order valence-corrected chi connectivity index (χ3v) is 7.51. The Morgan fingerprint density at radius 1 is 1.19 bits per heavy atom. The molecule has 1 amide bonds. The van der Waals surface area contributed by atoms with Gasteiger partial charge in [0.05, 0.1) is 25.0 Å². The number of carbonyl (C=O) groups excluding carboxylic acids is 1. The molecule has 0 atom stereocenters. The first-order chi connectivity index (χ1) is 12.6. The van der Waals surface area contributed by atoms with Crippen molar-refractivity contribution in [1.82, 2.24) is 15.1 Å². The third-order valence-electron chi connectivity index (χ3n) is 3.91. The SMILES string of the molecule is CC(C)CSc1nnc(SCC(=O)N2CCN(c3cccc[nH+]3)CC2)s1. The first-order valence-corrected chi connectivity index (χ1v) is 11.5. The second-order valence-corrected chi connectivity index (χ2v) is 9.91. The van der Waals surface area contributed by atoms with Crippen LogP contribution in [0.2, 0.25) is 0 Å². The molecule has 1 aliphatic heterocycles. The summed E-state index contributed by atoms with van der Waals surface area (Å²) in [6.45, 7) is 7.61. The van der Waals surface area contributed by atoms with Crippen molar-refractivity contribution in [1.29, 1.82) is 0 Å². The van der Waals surface area contributed by atoms with E-state index >= 15 is 0 Å². The number of piperazine rings is 1. The molecule has 3 rings (SSSR count). The van der Waals surface area contributed by atoms with Crippen molar-refractivity contribution in [3.63, 3.8) is 0 Å². The molecule has 1 N–H and O–H groups in total. The number of anilines is 1. The number of hydrogen-bond acceptors (Lipinski definition) is 7. The van der Waals surface area contributed by atoms with Gasteiger partial charge >= 0.3 is 0 Å². The van der Waals surface area contributed by atoms with Crippen LogP contribution in [0.3, 0.4) is 0 Å². The fourth-order valence-electron chi connectivity index (χ4n) is 2.54. The lowest BCUT2D eigenvalue weighted by molar-refractivity contribution is -0.364. The molecule has 2 aromatic rings. The lowest BCUT2D eigenvalue weighted by atomic mass is 10.3. The number of amides is 1. The van der Waals surface area contributed by atoms with E-state index in [2.05, 4.69) is 40.0 Å². The molecule has 0 aromatic carbocycles. The zero-order chi connectivity index (χ0) is 18.4. The van der Waals surface area contributed by atoms with E-state index in [9.17, 15) is 4.79 Å². The van der Waals surface area contributed by atoms with Gasteiger partial charge in [-0.25, -0.2) is 4.98 Å². The van der Waals surface area contributed by atoms with Gasteiger partial charge in [0.15, 0.2) is 8.68 Å². The van der Waals surface area contributed by atoms with Crippen LogP contribution in [-0.4, -0.2) is 58.7 Å². The van der Waals surface area contributed by atoms with Gasteiger partial charge in [-0.15, -0.1) is 10.2 Å². The summed E-state index contributed by atoms with van der Waals surface area (Å²) in [7, 11) is 0. The molecule has 9 heteroatoms. The molecular weight excluding hydrogens is 386 g/mol. The highest BCUT2D eigenvalue weighted by Gasteiger charge is 2.26. The third kappa shape index (κ3) is 5.59. The number of hydrogen-bond donors (Lipinski definition) is 0. The number of thioether (sulfide) groups is 2. The Morgan fingerprint density at radius 3 is 2.58 bits per heavy atom. The van der Waals surface area contributed by atoms with E-state index in [1.54, 1.807) is 23.1 Å². The van der Waals surface area contributed by atoms with Crippen LogP contribution in [0.25, 0.3) is 0 Å². The van der Waals surface area contributed by atoms with Crippen molar-refractivity contribution in [3.8, 4) is 0 Å². The summed E-state index contributed by atoms with van der Waals surface area (Å²) in [5.74, 6) is 3.39. The highest BCUT2D eigenvalue weighted by Crippen LogP contribution is 2.29. The predicted octanol–water partition coefficient (Wildman–Crippen LogP) is 2.54. The van der Waals surface area contributed by atoms with E-state index in [0.29, 0.717) is 11.7 Å². The maximum absolute atomic E-state index is 12.5. The van der Waals surface area contributed by atoms with Crippen LogP contribution in [0.1, 0.15) is 13.8 Å². The molecular formula is C17H24N5OS3+. The summed E-state index contributed by atoms with van der Waals surface area (Å²) in [6, 6.07) is 6.06. The van der Waals surface area contributed by atoms with Gasteiger partial charge in [-0.05, 0) is 12.0 Å². The number of aromatic nitrogens is 3. The predicted molar refractivity (Wildman–Crippen MR) is 108 cm³/mol. The van der Waals surface area contributed by atoms with Crippen LogP contribution in [0.5, 0.6) is 0 Å². The lowest BCUT2D eigenvalue weighted by Gasteiger charge is -2.30. The quantitative estimate of drug-likeness (QED) is 0.654. The van der Waals surface area contributed by atoms with E-state index in [1.807, 2.05) is 23.2 Å². The number of pyridine rings is 1. The fourth-order valence-corrected chi connectivity index (χ4v) is 5.44. The maximum Gasteiger partial charge on any atom is 0.274 e. The maximum atomic E-state index is 12.5. The van der Waals surface area contributed by atoms with Gasteiger partial charge in [-0.2, -0.15) is 0 Å². The minimum atomic E-state index is 0.179. The molecule has 26 heavy (non-hydrogen) atoms. The van der Waals surface area contributed by atoms with Crippen molar-refractivity contribution in [2.45, 2.75) is 22.5 Å². The summed E-state index contributed by atoms with van der Waals surface area (Å²) in [6.07, 6.45) is 1.93. The Bertz CT molecular complexity index is 701. The lowest BCUT2D eigenvalue weighted by Crippen LogP contribution is -2.50. The van der Waals surface area contributed by atoms with Crippen molar-refractivity contribution in [2.75, 3.05) is 42.6 Å². The fraction of sp³-hybridized carbons (Fsp3) is 0.529. The van der Waals surface area contributed by atoms with Crippen molar-refractivity contribution < 1.29 is 9.78 Å². The second kappa shape index (κ2) is 9.57. The largest absolute Gasteiger partial charge is 0.334 e. The zero-order valence-electron chi connectivity index (χ0n) is 15.1. The van der Waals surface area contributed by atoms with E-state index in [4.69, 9.17) is 0 Å². The molecule has 0 unspecified atom stereocenters. The number of aromatic amines is 1. The highest BCUT2D eigenvalue weighted by molar-refractivity contribution is 8.03. The normalized spacial score (nSPS) is 14.9. The molecule has 0 spiro atoms. The summed E-state index contributed by atoms with van der Waals surface area (Å²) in [5.41, 5.74) is 0. The zero-order valence-corrected chi connectivity index (χ0v) is 17.5. The van der Waals surface area contributed by atoms with Crippen LogP contribution in [0.4, 0.5) is 5.82 Å². The van der Waals surface area contributed by atoms with Gasteiger partial charge < -0.3 is 4.90 Å². The van der Waals surface area contributed by atoms with Crippen LogP contribution in [0.15, 0.2) is 33.1 Å². The smallest absolute Gasteiger partial charge is 0.274 e. The van der Waals surface area contributed by atoms with Gasteiger partial charge in [-0.1, -0.05) is 54.8 Å². The minimum Gasteiger partial charge on any atom is -0.334 e. The minimum absolute atomic E-state index is 0.179. The van der Waals surface area contributed by atoms with Gasteiger partial charge in [0.25, 0.3) is 5.82 Å².